The highest BCUT2D eigenvalue weighted by Gasteiger charge is 2.11. The van der Waals surface area contributed by atoms with Crippen LogP contribution in [0.4, 0.5) is 0 Å². The van der Waals surface area contributed by atoms with Crippen LogP contribution in [0.25, 0.3) is 6.08 Å². The molecule has 92 valence electrons. The van der Waals surface area contributed by atoms with Crippen LogP contribution in [0.15, 0.2) is 27.2 Å². The number of halogens is 2. The van der Waals surface area contributed by atoms with Crippen molar-refractivity contribution in [3.05, 3.63) is 38.3 Å². The molecule has 1 rings (SSSR count). The fourth-order valence-electron chi connectivity index (χ4n) is 1.56. The number of carboxylic acid groups (broad SMARTS) is 1. The Kier molecular flexibility index (Phi) is 5.40. The molecule has 0 spiro atoms. The van der Waals surface area contributed by atoms with Crippen LogP contribution in [0.1, 0.15) is 37.3 Å². The fourth-order valence-corrected chi connectivity index (χ4v) is 2.95. The Labute approximate surface area is 118 Å². The lowest BCUT2D eigenvalue weighted by Gasteiger charge is -2.15. The van der Waals surface area contributed by atoms with Crippen molar-refractivity contribution < 1.29 is 9.90 Å². The van der Waals surface area contributed by atoms with Crippen LogP contribution in [-0.2, 0) is 4.79 Å². The van der Waals surface area contributed by atoms with E-state index in [4.69, 9.17) is 5.11 Å². The smallest absolute Gasteiger partial charge is 0.328 e. The van der Waals surface area contributed by atoms with Gasteiger partial charge in [0.05, 0.1) is 0 Å². The van der Waals surface area contributed by atoms with E-state index in [0.717, 1.165) is 26.5 Å². The third kappa shape index (κ3) is 3.96. The molecule has 2 nitrogen and oxygen atoms in total. The second kappa shape index (κ2) is 6.36. The van der Waals surface area contributed by atoms with Gasteiger partial charge in [0.1, 0.15) is 0 Å². The van der Waals surface area contributed by atoms with E-state index in [1.807, 2.05) is 12.1 Å². The zero-order chi connectivity index (χ0) is 13.0. The number of hydrogen-bond acceptors (Lipinski definition) is 1. The standard InChI is InChI=1S/C13H14Br2O2/c1-3-8(2)11-6-9(14)7-12(15)10(11)4-5-13(16)17/h4-8H,3H2,1-2H3,(H,16,17). The monoisotopic (exact) mass is 360 g/mol. The van der Waals surface area contributed by atoms with Crippen LogP contribution >= 0.6 is 31.9 Å². The van der Waals surface area contributed by atoms with Crippen LogP contribution in [0, 0.1) is 0 Å². The molecule has 0 amide bonds. The molecule has 0 fully saturated rings. The lowest BCUT2D eigenvalue weighted by atomic mass is 9.93. The van der Waals surface area contributed by atoms with Gasteiger partial charge in [-0.25, -0.2) is 4.79 Å². The Morgan fingerprint density at radius 2 is 2.12 bits per heavy atom. The van der Waals surface area contributed by atoms with Gasteiger partial charge in [0, 0.05) is 15.0 Å². The molecular formula is C13H14Br2O2. The van der Waals surface area contributed by atoms with Crippen LogP contribution < -0.4 is 0 Å². The molecule has 1 aromatic carbocycles. The molecule has 17 heavy (non-hydrogen) atoms. The van der Waals surface area contributed by atoms with E-state index in [9.17, 15) is 4.79 Å². The molecule has 0 heterocycles. The van der Waals surface area contributed by atoms with Crippen LogP contribution in [0.2, 0.25) is 0 Å². The van der Waals surface area contributed by atoms with Crippen molar-refractivity contribution in [2.45, 2.75) is 26.2 Å². The highest BCUT2D eigenvalue weighted by atomic mass is 79.9. The molecule has 0 saturated heterocycles. The van der Waals surface area contributed by atoms with E-state index in [0.29, 0.717) is 5.92 Å². The van der Waals surface area contributed by atoms with Crippen molar-refractivity contribution in [1.82, 2.24) is 0 Å². The molecule has 1 atom stereocenters. The van der Waals surface area contributed by atoms with Gasteiger partial charge in [-0.05, 0) is 41.7 Å². The number of hydrogen-bond donors (Lipinski definition) is 1. The quantitative estimate of drug-likeness (QED) is 0.780. The maximum Gasteiger partial charge on any atom is 0.328 e. The fraction of sp³-hybridized carbons (Fsp3) is 0.308. The summed E-state index contributed by atoms with van der Waals surface area (Å²) in [5.41, 5.74) is 2.08. The summed E-state index contributed by atoms with van der Waals surface area (Å²) in [5.74, 6) is -0.549. The molecule has 0 radical (unpaired) electrons. The van der Waals surface area contributed by atoms with Gasteiger partial charge in [-0.2, -0.15) is 0 Å². The Morgan fingerprint density at radius 3 is 2.65 bits per heavy atom. The number of aliphatic carboxylic acids is 1. The molecule has 1 N–H and O–H groups in total. The number of carbonyl (C=O) groups is 1. The average Bonchev–Trinajstić information content (AvgIpc) is 2.25. The van der Waals surface area contributed by atoms with Crippen LogP contribution in [-0.4, -0.2) is 11.1 Å². The molecule has 4 heteroatoms. The summed E-state index contributed by atoms with van der Waals surface area (Å²) in [6, 6.07) is 3.97. The largest absolute Gasteiger partial charge is 0.478 e. The molecule has 0 aliphatic rings. The summed E-state index contributed by atoms with van der Waals surface area (Å²) >= 11 is 6.93. The number of rotatable bonds is 4. The van der Waals surface area contributed by atoms with E-state index in [2.05, 4.69) is 45.7 Å². The van der Waals surface area contributed by atoms with E-state index < -0.39 is 5.97 Å². The Bertz CT molecular complexity index is 453. The minimum atomic E-state index is -0.935. The van der Waals surface area contributed by atoms with Gasteiger partial charge < -0.3 is 5.11 Å². The second-order valence-electron chi connectivity index (χ2n) is 3.87. The van der Waals surface area contributed by atoms with Gasteiger partial charge in [-0.1, -0.05) is 45.7 Å². The normalized spacial score (nSPS) is 12.9. The SMILES string of the molecule is CCC(C)c1cc(Br)cc(Br)c1C=CC(=O)O. The first-order chi connectivity index (χ1) is 7.95. The minimum absolute atomic E-state index is 0.386. The highest BCUT2D eigenvalue weighted by molar-refractivity contribution is 9.11. The average molecular weight is 362 g/mol. The first-order valence-electron chi connectivity index (χ1n) is 5.35. The highest BCUT2D eigenvalue weighted by Crippen LogP contribution is 2.33. The summed E-state index contributed by atoms with van der Waals surface area (Å²) in [6.45, 7) is 4.25. The van der Waals surface area contributed by atoms with Crippen molar-refractivity contribution in [3.63, 3.8) is 0 Å². The Balaban J connectivity index is 3.30. The zero-order valence-electron chi connectivity index (χ0n) is 9.71. The zero-order valence-corrected chi connectivity index (χ0v) is 12.9. The maximum atomic E-state index is 10.6. The van der Waals surface area contributed by atoms with Gasteiger partial charge in [0.25, 0.3) is 0 Å². The number of carboxylic acids is 1. The van der Waals surface area contributed by atoms with Gasteiger partial charge in [0.2, 0.25) is 0 Å². The molecule has 0 bridgehead atoms. The maximum absolute atomic E-state index is 10.6. The van der Waals surface area contributed by atoms with Crippen LogP contribution in [0.5, 0.6) is 0 Å². The van der Waals surface area contributed by atoms with E-state index in [1.165, 1.54) is 6.08 Å². The van der Waals surface area contributed by atoms with Gasteiger partial charge in [-0.3, -0.25) is 0 Å². The van der Waals surface area contributed by atoms with Crippen molar-refractivity contribution in [3.8, 4) is 0 Å². The van der Waals surface area contributed by atoms with Crippen molar-refractivity contribution in [2.24, 2.45) is 0 Å². The summed E-state index contributed by atoms with van der Waals surface area (Å²) < 4.78 is 1.90. The van der Waals surface area contributed by atoms with E-state index >= 15 is 0 Å². The van der Waals surface area contributed by atoms with E-state index in [1.54, 1.807) is 6.08 Å². The van der Waals surface area contributed by atoms with Crippen molar-refractivity contribution in [1.29, 1.82) is 0 Å². The number of benzene rings is 1. The molecule has 0 saturated carbocycles. The van der Waals surface area contributed by atoms with Crippen molar-refractivity contribution >= 4 is 43.9 Å². The predicted molar refractivity (Wildman–Crippen MR) is 77.2 cm³/mol. The molecule has 1 aromatic rings. The first-order valence-corrected chi connectivity index (χ1v) is 6.94. The first kappa shape index (κ1) is 14.5. The summed E-state index contributed by atoms with van der Waals surface area (Å²) in [5, 5.41) is 8.70. The Morgan fingerprint density at radius 1 is 1.47 bits per heavy atom. The minimum Gasteiger partial charge on any atom is -0.478 e. The van der Waals surface area contributed by atoms with E-state index in [-0.39, 0.29) is 0 Å². The summed E-state index contributed by atoms with van der Waals surface area (Å²) in [4.78, 5) is 10.6. The van der Waals surface area contributed by atoms with Gasteiger partial charge >= 0.3 is 5.97 Å². The second-order valence-corrected chi connectivity index (χ2v) is 5.64. The van der Waals surface area contributed by atoms with Crippen LogP contribution in [0.3, 0.4) is 0 Å². The summed E-state index contributed by atoms with van der Waals surface area (Å²) in [7, 11) is 0. The molecular weight excluding hydrogens is 348 g/mol. The van der Waals surface area contributed by atoms with Gasteiger partial charge in [0.15, 0.2) is 0 Å². The summed E-state index contributed by atoms with van der Waals surface area (Å²) in [6.07, 6.45) is 3.82. The lowest BCUT2D eigenvalue weighted by molar-refractivity contribution is -0.131. The molecule has 1 unspecified atom stereocenters. The molecule has 0 aliphatic heterocycles. The lowest BCUT2D eigenvalue weighted by Crippen LogP contribution is -1.97. The third-order valence-electron chi connectivity index (χ3n) is 2.66. The predicted octanol–water partition coefficient (Wildman–Crippen LogP) is 4.82. The van der Waals surface area contributed by atoms with Crippen molar-refractivity contribution in [2.75, 3.05) is 0 Å². The van der Waals surface area contributed by atoms with Gasteiger partial charge in [-0.15, -0.1) is 0 Å². The third-order valence-corrected chi connectivity index (χ3v) is 3.78. The molecule has 0 aromatic heterocycles. The Hall–Kier alpha value is -0.610. The topological polar surface area (TPSA) is 37.3 Å². The molecule has 0 aliphatic carbocycles.